The molecule has 0 aromatic heterocycles. The topological polar surface area (TPSA) is 0 Å². The molecule has 2 aromatic carbocycles. The second-order valence-electron chi connectivity index (χ2n) is 5.58. The van der Waals surface area contributed by atoms with E-state index in [2.05, 4.69) is 85.8 Å². The molecule has 1 aliphatic rings. The third-order valence-corrected chi connectivity index (χ3v) is 4.31. The Labute approximate surface area is 177 Å². The maximum atomic E-state index is 3.58. The number of halogens is 2. The van der Waals surface area contributed by atoms with Gasteiger partial charge in [0.05, 0.1) is 0 Å². The Hall–Kier alpha value is -0.617. The maximum absolute atomic E-state index is 3.58. The Morgan fingerprint density at radius 1 is 0.875 bits per heavy atom. The minimum Gasteiger partial charge on any atom is -0.268 e. The average Bonchev–Trinajstić information content (AvgIpc) is 3.09. The first-order valence-corrected chi connectivity index (χ1v) is 7.77. The van der Waals surface area contributed by atoms with E-state index in [9.17, 15) is 0 Å². The van der Waals surface area contributed by atoms with E-state index in [4.69, 9.17) is 0 Å². The van der Waals surface area contributed by atoms with Crippen molar-refractivity contribution in [1.82, 2.24) is 0 Å². The SMILES string of the molecule is CCCC(C1=[C-]CC=C1)(c1ccccc1)c1ccccc1.Cl.Cl.[Zr]. The number of hydrogen-bond donors (Lipinski definition) is 0. The summed E-state index contributed by atoms with van der Waals surface area (Å²) in [5.74, 6) is 0. The van der Waals surface area contributed by atoms with E-state index in [1.54, 1.807) is 0 Å². The molecule has 3 heteroatoms. The van der Waals surface area contributed by atoms with Crippen molar-refractivity contribution in [3.63, 3.8) is 0 Å². The van der Waals surface area contributed by atoms with Crippen LogP contribution in [0.25, 0.3) is 0 Å². The van der Waals surface area contributed by atoms with E-state index in [0.717, 1.165) is 19.3 Å². The van der Waals surface area contributed by atoms with Gasteiger partial charge < -0.3 is 0 Å². The largest absolute Gasteiger partial charge is 0.268 e. The van der Waals surface area contributed by atoms with Crippen molar-refractivity contribution in [2.24, 2.45) is 0 Å². The Kier molecular flexibility index (Phi) is 10.8. The minimum atomic E-state index is -0.0652. The molecule has 0 nitrogen and oxygen atoms in total. The van der Waals surface area contributed by atoms with Crippen molar-refractivity contribution < 1.29 is 26.2 Å². The molecule has 24 heavy (non-hydrogen) atoms. The summed E-state index contributed by atoms with van der Waals surface area (Å²) in [6, 6.07) is 21.8. The van der Waals surface area contributed by atoms with Crippen molar-refractivity contribution in [3.8, 4) is 0 Å². The number of benzene rings is 2. The van der Waals surface area contributed by atoms with Crippen LogP contribution in [0.3, 0.4) is 0 Å². The van der Waals surface area contributed by atoms with Gasteiger partial charge in [-0.2, -0.15) is 6.08 Å². The molecular weight excluding hydrogens is 414 g/mol. The summed E-state index contributed by atoms with van der Waals surface area (Å²) in [4.78, 5) is 0. The van der Waals surface area contributed by atoms with Crippen LogP contribution in [0.5, 0.6) is 0 Å². The fraction of sp³-hybridized carbons (Fsp3) is 0.238. The fourth-order valence-electron chi connectivity index (χ4n) is 3.42. The molecule has 0 heterocycles. The third-order valence-electron chi connectivity index (χ3n) is 4.31. The number of allylic oxidation sites excluding steroid dienone is 4. The van der Waals surface area contributed by atoms with Gasteiger partial charge in [0.2, 0.25) is 0 Å². The van der Waals surface area contributed by atoms with Crippen LogP contribution in [0.15, 0.2) is 78.4 Å². The Morgan fingerprint density at radius 3 is 1.75 bits per heavy atom. The Morgan fingerprint density at radius 2 is 1.38 bits per heavy atom. The Bertz CT molecular complexity index is 609. The molecule has 0 aliphatic heterocycles. The van der Waals surface area contributed by atoms with Gasteiger partial charge in [-0.05, 0) is 17.5 Å². The smallest absolute Gasteiger partial charge is 0.0121 e. The summed E-state index contributed by atoms with van der Waals surface area (Å²) in [7, 11) is 0. The van der Waals surface area contributed by atoms with Gasteiger partial charge in [0.25, 0.3) is 0 Å². The zero-order valence-corrected chi connectivity index (χ0v) is 18.0. The maximum Gasteiger partial charge on any atom is 0.0121 e. The minimum absolute atomic E-state index is 0. The molecule has 3 rings (SSSR count). The molecular formula is C21H23Cl2Zr-. The molecule has 0 unspecified atom stereocenters. The van der Waals surface area contributed by atoms with E-state index in [1.807, 2.05) is 0 Å². The molecule has 0 spiro atoms. The van der Waals surface area contributed by atoms with Crippen molar-refractivity contribution in [1.29, 1.82) is 0 Å². The zero-order chi connectivity index (χ0) is 14.5. The first-order valence-electron chi connectivity index (χ1n) is 7.77. The van der Waals surface area contributed by atoms with Gasteiger partial charge >= 0.3 is 0 Å². The first-order chi connectivity index (χ1) is 10.4. The predicted octanol–water partition coefficient (Wildman–Crippen LogP) is 6.30. The van der Waals surface area contributed by atoms with Crippen LogP contribution in [0, 0.1) is 6.08 Å². The molecule has 0 bridgehead atoms. The van der Waals surface area contributed by atoms with Crippen molar-refractivity contribution >= 4 is 24.8 Å². The van der Waals surface area contributed by atoms with Crippen LogP contribution >= 0.6 is 24.8 Å². The van der Waals surface area contributed by atoms with Crippen LogP contribution in [0.4, 0.5) is 0 Å². The molecule has 126 valence electrons. The quantitative estimate of drug-likeness (QED) is 0.481. The summed E-state index contributed by atoms with van der Waals surface area (Å²) in [5.41, 5.74) is 3.99. The second-order valence-corrected chi connectivity index (χ2v) is 5.58. The average molecular weight is 438 g/mol. The van der Waals surface area contributed by atoms with E-state index in [0.29, 0.717) is 0 Å². The van der Waals surface area contributed by atoms with Crippen LogP contribution in [-0.4, -0.2) is 0 Å². The van der Waals surface area contributed by atoms with Crippen LogP contribution in [0.2, 0.25) is 0 Å². The van der Waals surface area contributed by atoms with Gasteiger partial charge in [-0.3, -0.25) is 6.08 Å². The van der Waals surface area contributed by atoms with Crippen molar-refractivity contribution in [3.05, 3.63) is 95.6 Å². The zero-order valence-electron chi connectivity index (χ0n) is 13.9. The van der Waals surface area contributed by atoms with E-state index < -0.39 is 0 Å². The van der Waals surface area contributed by atoms with Gasteiger partial charge in [-0.1, -0.05) is 74.0 Å². The normalized spacial score (nSPS) is 12.5. The van der Waals surface area contributed by atoms with Crippen LogP contribution in [-0.2, 0) is 31.6 Å². The summed E-state index contributed by atoms with van der Waals surface area (Å²) in [6.07, 6.45) is 11.2. The van der Waals surface area contributed by atoms with E-state index >= 15 is 0 Å². The summed E-state index contributed by atoms with van der Waals surface area (Å²) in [5, 5.41) is 0. The first kappa shape index (κ1) is 23.4. The van der Waals surface area contributed by atoms with Crippen LogP contribution in [0.1, 0.15) is 37.3 Å². The van der Waals surface area contributed by atoms with Gasteiger partial charge in [-0.25, -0.2) is 11.6 Å². The van der Waals surface area contributed by atoms with Crippen LogP contribution < -0.4 is 0 Å². The van der Waals surface area contributed by atoms with Crippen molar-refractivity contribution in [2.45, 2.75) is 31.6 Å². The predicted molar refractivity (Wildman–Crippen MR) is 104 cm³/mol. The monoisotopic (exact) mass is 435 g/mol. The molecule has 0 saturated carbocycles. The van der Waals surface area contributed by atoms with Gasteiger partial charge in [-0.15, -0.1) is 31.2 Å². The molecule has 1 aliphatic carbocycles. The molecule has 0 saturated heterocycles. The second kappa shape index (κ2) is 11.1. The van der Waals surface area contributed by atoms with Crippen molar-refractivity contribution in [2.75, 3.05) is 0 Å². The summed E-state index contributed by atoms with van der Waals surface area (Å²) in [6.45, 7) is 2.26. The summed E-state index contributed by atoms with van der Waals surface area (Å²) < 4.78 is 0. The standard InChI is InChI=1S/C21H21.2ClH.Zr/c1-2-17-21(20-15-9-10-16-20,18-11-5-3-6-12-18)19-13-7-4-8-14-19;;;/h3-9,11-15H,2,10,17H2,1H3;2*1H;/q-1;;;. The number of rotatable bonds is 5. The van der Waals surface area contributed by atoms with E-state index in [-0.39, 0.29) is 56.4 Å². The molecule has 0 amide bonds. The van der Waals surface area contributed by atoms with E-state index in [1.165, 1.54) is 16.7 Å². The van der Waals surface area contributed by atoms with Gasteiger partial charge in [0.1, 0.15) is 0 Å². The Balaban J connectivity index is 0.00000176. The molecule has 0 atom stereocenters. The molecule has 0 N–H and O–H groups in total. The molecule has 0 fully saturated rings. The third kappa shape index (κ3) is 4.51. The number of hydrogen-bond acceptors (Lipinski definition) is 0. The molecule has 2 aromatic rings. The summed E-state index contributed by atoms with van der Waals surface area (Å²) >= 11 is 0. The fourth-order valence-corrected chi connectivity index (χ4v) is 3.42. The van der Waals surface area contributed by atoms with Gasteiger partial charge in [0.15, 0.2) is 0 Å². The van der Waals surface area contributed by atoms with Gasteiger partial charge in [0, 0.05) is 31.6 Å². The molecule has 0 radical (unpaired) electrons.